The lowest BCUT2D eigenvalue weighted by Crippen LogP contribution is -2.30. The number of ketones is 1. The summed E-state index contributed by atoms with van der Waals surface area (Å²) in [5, 5.41) is 3.39. The van der Waals surface area contributed by atoms with Crippen LogP contribution in [0.25, 0.3) is 0 Å². The molecular weight excluding hydrogens is 174 g/mol. The molecule has 0 bridgehead atoms. The third-order valence-corrected chi connectivity index (χ3v) is 2.71. The van der Waals surface area contributed by atoms with E-state index in [4.69, 9.17) is 0 Å². The highest BCUT2D eigenvalue weighted by Gasteiger charge is 2.19. The number of rotatable bonds is 2. The third kappa shape index (κ3) is 1.85. The van der Waals surface area contributed by atoms with Gasteiger partial charge in [0.15, 0.2) is 0 Å². The topological polar surface area (TPSA) is 29.1 Å². The SMILES string of the molecule is CC(=O)CC1NCCc2ccccc21. The van der Waals surface area contributed by atoms with Gasteiger partial charge in [-0.15, -0.1) is 0 Å². The average molecular weight is 189 g/mol. The molecule has 0 saturated heterocycles. The Balaban J connectivity index is 2.26. The molecule has 2 rings (SSSR count). The van der Waals surface area contributed by atoms with Crippen LogP contribution in [0.5, 0.6) is 0 Å². The zero-order valence-corrected chi connectivity index (χ0v) is 8.42. The number of carbonyl (C=O) groups is 1. The molecule has 1 aliphatic heterocycles. The summed E-state index contributed by atoms with van der Waals surface area (Å²) in [5.41, 5.74) is 2.69. The largest absolute Gasteiger partial charge is 0.309 e. The summed E-state index contributed by atoms with van der Waals surface area (Å²) in [5.74, 6) is 0.249. The van der Waals surface area contributed by atoms with Crippen LogP contribution in [0, 0.1) is 0 Å². The van der Waals surface area contributed by atoms with Crippen molar-refractivity contribution in [1.29, 1.82) is 0 Å². The molecule has 1 aromatic carbocycles. The van der Waals surface area contributed by atoms with Gasteiger partial charge in [-0.1, -0.05) is 24.3 Å². The number of fused-ring (bicyclic) bond motifs is 1. The van der Waals surface area contributed by atoms with Crippen LogP contribution in [-0.4, -0.2) is 12.3 Å². The third-order valence-electron chi connectivity index (χ3n) is 2.71. The minimum absolute atomic E-state index is 0.234. The fourth-order valence-corrected chi connectivity index (χ4v) is 2.06. The van der Waals surface area contributed by atoms with Crippen molar-refractivity contribution in [3.8, 4) is 0 Å². The Morgan fingerprint density at radius 1 is 1.50 bits per heavy atom. The van der Waals surface area contributed by atoms with Gasteiger partial charge in [0, 0.05) is 12.5 Å². The second-order valence-electron chi connectivity index (χ2n) is 3.86. The smallest absolute Gasteiger partial charge is 0.131 e. The molecule has 1 aliphatic rings. The van der Waals surface area contributed by atoms with E-state index in [0.29, 0.717) is 6.42 Å². The Bertz CT molecular complexity index is 346. The maximum atomic E-state index is 11.1. The van der Waals surface area contributed by atoms with E-state index < -0.39 is 0 Å². The number of carbonyl (C=O) groups excluding carboxylic acids is 1. The quantitative estimate of drug-likeness (QED) is 0.769. The van der Waals surface area contributed by atoms with Gasteiger partial charge < -0.3 is 5.32 Å². The molecule has 1 heterocycles. The van der Waals surface area contributed by atoms with Gasteiger partial charge in [0.1, 0.15) is 5.78 Å². The summed E-state index contributed by atoms with van der Waals surface area (Å²) in [4.78, 5) is 11.1. The maximum absolute atomic E-state index is 11.1. The molecule has 1 N–H and O–H groups in total. The van der Waals surface area contributed by atoms with E-state index in [1.54, 1.807) is 6.92 Å². The lowest BCUT2D eigenvalue weighted by atomic mass is 9.92. The molecule has 74 valence electrons. The molecule has 1 aromatic rings. The van der Waals surface area contributed by atoms with Gasteiger partial charge in [-0.25, -0.2) is 0 Å². The normalized spacial score (nSPS) is 20.2. The van der Waals surface area contributed by atoms with Crippen LogP contribution >= 0.6 is 0 Å². The molecule has 0 saturated carbocycles. The molecule has 1 unspecified atom stereocenters. The molecule has 2 nitrogen and oxygen atoms in total. The highest BCUT2D eigenvalue weighted by molar-refractivity contribution is 5.76. The summed E-state index contributed by atoms with van der Waals surface area (Å²) in [7, 11) is 0. The molecule has 2 heteroatoms. The summed E-state index contributed by atoms with van der Waals surface area (Å²) in [6, 6.07) is 8.62. The van der Waals surface area contributed by atoms with Gasteiger partial charge in [0.25, 0.3) is 0 Å². The zero-order valence-electron chi connectivity index (χ0n) is 8.42. The van der Waals surface area contributed by atoms with Gasteiger partial charge in [-0.3, -0.25) is 4.79 Å². The van der Waals surface area contributed by atoms with Crippen molar-refractivity contribution in [2.24, 2.45) is 0 Å². The van der Waals surface area contributed by atoms with E-state index in [-0.39, 0.29) is 11.8 Å². The monoisotopic (exact) mass is 189 g/mol. The Hall–Kier alpha value is -1.15. The first-order valence-corrected chi connectivity index (χ1v) is 5.08. The van der Waals surface area contributed by atoms with Crippen LogP contribution in [0.1, 0.15) is 30.5 Å². The molecule has 0 radical (unpaired) electrons. The number of hydrogen-bond acceptors (Lipinski definition) is 2. The summed E-state index contributed by atoms with van der Waals surface area (Å²) < 4.78 is 0. The highest BCUT2D eigenvalue weighted by atomic mass is 16.1. The highest BCUT2D eigenvalue weighted by Crippen LogP contribution is 2.24. The number of Topliss-reactive ketones (excluding diaryl/α,β-unsaturated/α-hetero) is 1. The van der Waals surface area contributed by atoms with Gasteiger partial charge in [-0.05, 0) is 31.0 Å². The van der Waals surface area contributed by atoms with Crippen molar-refractivity contribution in [1.82, 2.24) is 5.32 Å². The van der Waals surface area contributed by atoms with Crippen LogP contribution in [0.4, 0.5) is 0 Å². The van der Waals surface area contributed by atoms with Crippen molar-refractivity contribution < 1.29 is 4.79 Å². The van der Waals surface area contributed by atoms with E-state index in [9.17, 15) is 4.79 Å². The first-order chi connectivity index (χ1) is 6.77. The molecule has 0 aromatic heterocycles. The van der Waals surface area contributed by atoms with E-state index >= 15 is 0 Å². The number of benzene rings is 1. The first-order valence-electron chi connectivity index (χ1n) is 5.08. The minimum Gasteiger partial charge on any atom is -0.309 e. The molecular formula is C12H15NO. The minimum atomic E-state index is 0.234. The van der Waals surface area contributed by atoms with E-state index in [1.165, 1.54) is 11.1 Å². The van der Waals surface area contributed by atoms with Crippen molar-refractivity contribution in [3.05, 3.63) is 35.4 Å². The zero-order chi connectivity index (χ0) is 9.97. The molecule has 0 fully saturated rings. The second kappa shape index (κ2) is 3.93. The summed E-state index contributed by atoms with van der Waals surface area (Å²) in [6.45, 7) is 2.63. The summed E-state index contributed by atoms with van der Waals surface area (Å²) in [6.07, 6.45) is 1.68. The fourth-order valence-electron chi connectivity index (χ4n) is 2.06. The predicted molar refractivity (Wildman–Crippen MR) is 56.2 cm³/mol. The van der Waals surface area contributed by atoms with Crippen molar-refractivity contribution in [2.45, 2.75) is 25.8 Å². The van der Waals surface area contributed by atoms with Crippen molar-refractivity contribution in [3.63, 3.8) is 0 Å². The van der Waals surface area contributed by atoms with E-state index in [0.717, 1.165) is 13.0 Å². The van der Waals surface area contributed by atoms with Crippen LogP contribution in [0.2, 0.25) is 0 Å². The fraction of sp³-hybridized carbons (Fsp3) is 0.417. The Labute approximate surface area is 84.3 Å². The van der Waals surface area contributed by atoms with E-state index in [2.05, 4.69) is 23.5 Å². The molecule has 1 atom stereocenters. The standard InChI is InChI=1S/C12H15NO/c1-9(14)8-12-11-5-3-2-4-10(11)6-7-13-12/h2-5,12-13H,6-8H2,1H3. The van der Waals surface area contributed by atoms with Crippen LogP contribution < -0.4 is 5.32 Å². The van der Waals surface area contributed by atoms with Gasteiger partial charge >= 0.3 is 0 Å². The average Bonchev–Trinajstić information content (AvgIpc) is 2.18. The van der Waals surface area contributed by atoms with Gasteiger partial charge in [-0.2, -0.15) is 0 Å². The number of nitrogens with one attached hydrogen (secondary N) is 1. The first kappa shape index (κ1) is 9.41. The Morgan fingerprint density at radius 3 is 3.07 bits per heavy atom. The Morgan fingerprint density at radius 2 is 2.29 bits per heavy atom. The van der Waals surface area contributed by atoms with Crippen LogP contribution in [0.3, 0.4) is 0 Å². The summed E-state index contributed by atoms with van der Waals surface area (Å²) >= 11 is 0. The van der Waals surface area contributed by atoms with Crippen LogP contribution in [-0.2, 0) is 11.2 Å². The number of hydrogen-bond donors (Lipinski definition) is 1. The molecule has 0 amide bonds. The van der Waals surface area contributed by atoms with Crippen molar-refractivity contribution in [2.75, 3.05) is 6.54 Å². The maximum Gasteiger partial charge on any atom is 0.131 e. The Kier molecular flexibility index (Phi) is 2.64. The molecule has 14 heavy (non-hydrogen) atoms. The van der Waals surface area contributed by atoms with E-state index in [1.807, 2.05) is 6.07 Å². The second-order valence-corrected chi connectivity index (χ2v) is 3.86. The lowest BCUT2D eigenvalue weighted by molar-refractivity contribution is -0.117. The molecule has 0 spiro atoms. The van der Waals surface area contributed by atoms with Crippen LogP contribution in [0.15, 0.2) is 24.3 Å². The van der Waals surface area contributed by atoms with Gasteiger partial charge in [0.05, 0.1) is 0 Å². The van der Waals surface area contributed by atoms with Gasteiger partial charge in [0.2, 0.25) is 0 Å². The van der Waals surface area contributed by atoms with Crippen molar-refractivity contribution >= 4 is 5.78 Å². The predicted octanol–water partition coefficient (Wildman–Crippen LogP) is 1.85. The lowest BCUT2D eigenvalue weighted by Gasteiger charge is -2.26. The molecule has 0 aliphatic carbocycles.